The van der Waals surface area contributed by atoms with E-state index in [1.165, 1.54) is 0 Å². The Bertz CT molecular complexity index is 1080. The summed E-state index contributed by atoms with van der Waals surface area (Å²) in [6.45, 7) is 15.7. The maximum absolute atomic E-state index is 12.5. The molecule has 1 aromatic heterocycles. The summed E-state index contributed by atoms with van der Waals surface area (Å²) >= 11 is 0. The fraction of sp³-hybridized carbons (Fsp3) is 0.536. The van der Waals surface area contributed by atoms with Gasteiger partial charge in [-0.3, -0.25) is 4.98 Å². The van der Waals surface area contributed by atoms with Crippen LogP contribution in [0.4, 0.5) is 5.69 Å². The number of carboxylic acid groups (broad SMARTS) is 1. The van der Waals surface area contributed by atoms with Gasteiger partial charge in [-0.25, -0.2) is 4.79 Å². The number of piperidine rings is 1. The highest BCUT2D eigenvalue weighted by molar-refractivity contribution is 5.88. The number of ether oxygens (including phenoxy) is 1. The van der Waals surface area contributed by atoms with E-state index in [2.05, 4.69) is 24.8 Å². The van der Waals surface area contributed by atoms with Crippen LogP contribution in [0.3, 0.4) is 0 Å². The minimum atomic E-state index is -1.13. The Morgan fingerprint density at radius 2 is 1.76 bits per heavy atom. The van der Waals surface area contributed by atoms with E-state index in [4.69, 9.17) is 15.0 Å². The summed E-state index contributed by atoms with van der Waals surface area (Å²) in [5, 5.41) is 19.3. The first-order valence-corrected chi connectivity index (χ1v) is 12.0. The van der Waals surface area contributed by atoms with Crippen molar-refractivity contribution >= 4 is 11.7 Å². The largest absolute Gasteiger partial charge is 0.479 e. The Kier molecular flexibility index (Phi) is 7.38. The van der Waals surface area contributed by atoms with Crippen LogP contribution in [0.5, 0.6) is 0 Å². The molecule has 0 unspecified atom stereocenters. The standard InChI is InChI=1S/C28H37N3O3/c1-18-22(21-10-8-20(9-11-21)12-15-29)24(31-16-13-28(6,7)14-17-31)23(19(2)30-18)25(26(32)33)34-27(3,4)5/h8-11,25H,12-14,16-17H2,1-7H3,(H,32,33)/t25-/m0/s1. The van der Waals surface area contributed by atoms with Crippen LogP contribution in [0.2, 0.25) is 0 Å². The molecule has 0 bridgehead atoms. The van der Waals surface area contributed by atoms with E-state index in [1.807, 2.05) is 58.9 Å². The lowest BCUT2D eigenvalue weighted by atomic mass is 9.81. The van der Waals surface area contributed by atoms with Gasteiger partial charge in [-0.2, -0.15) is 5.26 Å². The Hall–Kier alpha value is -2.91. The molecule has 182 valence electrons. The minimum absolute atomic E-state index is 0.251. The first-order chi connectivity index (χ1) is 15.8. The molecule has 3 rings (SSSR count). The number of nitriles is 1. The van der Waals surface area contributed by atoms with E-state index in [0.717, 1.165) is 54.0 Å². The van der Waals surface area contributed by atoms with Crippen molar-refractivity contribution in [1.29, 1.82) is 5.26 Å². The van der Waals surface area contributed by atoms with Gasteiger partial charge in [0.25, 0.3) is 0 Å². The van der Waals surface area contributed by atoms with Gasteiger partial charge >= 0.3 is 5.97 Å². The van der Waals surface area contributed by atoms with Crippen molar-refractivity contribution in [3.05, 3.63) is 46.8 Å². The molecule has 1 saturated heterocycles. The third-order valence-corrected chi connectivity index (χ3v) is 6.50. The van der Waals surface area contributed by atoms with Crippen molar-refractivity contribution in [2.45, 2.75) is 79.4 Å². The Labute approximate surface area is 203 Å². The molecule has 1 aliphatic rings. The number of benzene rings is 1. The summed E-state index contributed by atoms with van der Waals surface area (Å²) < 4.78 is 6.12. The molecular weight excluding hydrogens is 426 g/mol. The molecule has 0 aliphatic carbocycles. The molecular formula is C28H37N3O3. The van der Waals surface area contributed by atoms with Gasteiger partial charge in [-0.15, -0.1) is 0 Å². The van der Waals surface area contributed by atoms with Crippen molar-refractivity contribution in [1.82, 2.24) is 4.98 Å². The third-order valence-electron chi connectivity index (χ3n) is 6.50. The second-order valence-corrected chi connectivity index (χ2v) is 11.1. The second-order valence-electron chi connectivity index (χ2n) is 11.1. The first-order valence-electron chi connectivity index (χ1n) is 12.0. The van der Waals surface area contributed by atoms with Crippen LogP contribution < -0.4 is 4.90 Å². The summed E-state index contributed by atoms with van der Waals surface area (Å²) in [6, 6.07) is 10.1. The third kappa shape index (κ3) is 5.77. The Balaban J connectivity index is 2.27. The van der Waals surface area contributed by atoms with Gasteiger partial charge in [-0.1, -0.05) is 38.1 Å². The van der Waals surface area contributed by atoms with Crippen molar-refractivity contribution in [3.8, 4) is 17.2 Å². The van der Waals surface area contributed by atoms with Crippen molar-refractivity contribution in [2.24, 2.45) is 5.41 Å². The Morgan fingerprint density at radius 3 is 2.26 bits per heavy atom. The van der Waals surface area contributed by atoms with Gasteiger partial charge in [0.15, 0.2) is 6.10 Å². The summed E-state index contributed by atoms with van der Waals surface area (Å²) in [4.78, 5) is 19.6. The number of hydrogen-bond acceptors (Lipinski definition) is 5. The second kappa shape index (κ2) is 9.76. The lowest BCUT2D eigenvalue weighted by molar-refractivity contribution is -0.160. The highest BCUT2D eigenvalue weighted by atomic mass is 16.5. The summed E-state index contributed by atoms with van der Waals surface area (Å²) in [7, 11) is 0. The van der Waals surface area contributed by atoms with Gasteiger partial charge in [-0.05, 0) is 64.0 Å². The summed E-state index contributed by atoms with van der Waals surface area (Å²) in [5.41, 5.74) is 5.54. The molecule has 6 heteroatoms. The zero-order valence-corrected chi connectivity index (χ0v) is 21.5. The molecule has 2 heterocycles. The van der Waals surface area contributed by atoms with Gasteiger partial charge in [0.1, 0.15) is 0 Å². The minimum Gasteiger partial charge on any atom is -0.479 e. The zero-order chi connectivity index (χ0) is 25.3. The number of pyridine rings is 1. The fourth-order valence-corrected chi connectivity index (χ4v) is 4.64. The number of aromatic nitrogens is 1. The lowest BCUT2D eigenvalue weighted by Gasteiger charge is -2.41. The molecule has 34 heavy (non-hydrogen) atoms. The van der Waals surface area contributed by atoms with Crippen molar-refractivity contribution in [2.75, 3.05) is 18.0 Å². The average Bonchev–Trinajstić information content (AvgIpc) is 2.72. The molecule has 0 radical (unpaired) electrons. The van der Waals surface area contributed by atoms with Crippen molar-refractivity contribution < 1.29 is 14.6 Å². The molecule has 1 aromatic carbocycles. The molecule has 1 aliphatic heterocycles. The normalized spacial score (nSPS) is 16.7. The Morgan fingerprint density at radius 1 is 1.18 bits per heavy atom. The maximum Gasteiger partial charge on any atom is 0.337 e. The van der Waals surface area contributed by atoms with Crippen LogP contribution in [0, 0.1) is 30.6 Å². The summed E-state index contributed by atoms with van der Waals surface area (Å²) in [6.07, 6.45) is 1.26. The fourth-order valence-electron chi connectivity index (χ4n) is 4.64. The van der Waals surface area contributed by atoms with Crippen LogP contribution >= 0.6 is 0 Å². The van der Waals surface area contributed by atoms with Crippen LogP contribution in [0.15, 0.2) is 24.3 Å². The first kappa shape index (κ1) is 25.7. The van der Waals surface area contributed by atoms with E-state index < -0.39 is 17.7 Å². The topological polar surface area (TPSA) is 86.5 Å². The van der Waals surface area contributed by atoms with Gasteiger partial charge in [0.2, 0.25) is 0 Å². The molecule has 0 saturated carbocycles. The van der Waals surface area contributed by atoms with E-state index in [-0.39, 0.29) is 5.41 Å². The molecule has 0 amide bonds. The van der Waals surface area contributed by atoms with Crippen LogP contribution in [0.1, 0.15) is 76.1 Å². The van der Waals surface area contributed by atoms with E-state index in [0.29, 0.717) is 17.7 Å². The number of anilines is 1. The highest BCUT2D eigenvalue weighted by Gasteiger charge is 2.36. The number of hydrogen-bond donors (Lipinski definition) is 1. The molecule has 0 spiro atoms. The van der Waals surface area contributed by atoms with Crippen LogP contribution in [-0.2, 0) is 16.0 Å². The lowest BCUT2D eigenvalue weighted by Crippen LogP contribution is -2.39. The predicted octanol–water partition coefficient (Wildman–Crippen LogP) is 6.00. The summed E-state index contributed by atoms with van der Waals surface area (Å²) in [5.74, 6) is -1.02. The number of aliphatic carboxylic acids is 1. The van der Waals surface area contributed by atoms with E-state index >= 15 is 0 Å². The highest BCUT2D eigenvalue weighted by Crippen LogP contribution is 2.44. The zero-order valence-electron chi connectivity index (χ0n) is 21.5. The van der Waals surface area contributed by atoms with Gasteiger partial charge < -0.3 is 14.7 Å². The molecule has 1 N–H and O–H groups in total. The number of carbonyl (C=O) groups is 1. The van der Waals surface area contributed by atoms with Gasteiger partial charge in [0.05, 0.1) is 23.8 Å². The molecule has 1 atom stereocenters. The van der Waals surface area contributed by atoms with Gasteiger partial charge in [0, 0.05) is 35.6 Å². The molecule has 1 fully saturated rings. The molecule has 6 nitrogen and oxygen atoms in total. The smallest absolute Gasteiger partial charge is 0.337 e. The van der Waals surface area contributed by atoms with Crippen LogP contribution in [-0.4, -0.2) is 34.8 Å². The van der Waals surface area contributed by atoms with E-state index in [9.17, 15) is 9.90 Å². The molecule has 2 aromatic rings. The number of nitrogens with zero attached hydrogens (tertiary/aromatic N) is 3. The average molecular weight is 464 g/mol. The quantitative estimate of drug-likeness (QED) is 0.565. The number of rotatable bonds is 6. The predicted molar refractivity (Wildman–Crippen MR) is 135 cm³/mol. The van der Waals surface area contributed by atoms with Crippen LogP contribution in [0.25, 0.3) is 11.1 Å². The number of aryl methyl sites for hydroxylation is 2. The number of carboxylic acids is 1. The van der Waals surface area contributed by atoms with Crippen molar-refractivity contribution in [3.63, 3.8) is 0 Å². The van der Waals surface area contributed by atoms with E-state index in [1.54, 1.807) is 0 Å². The SMILES string of the molecule is Cc1nc(C)c([C@H](OC(C)(C)C)C(=O)O)c(N2CCC(C)(C)CC2)c1-c1ccc(CC#N)cc1. The maximum atomic E-state index is 12.5. The monoisotopic (exact) mass is 463 g/mol.